The zero-order chi connectivity index (χ0) is 22.6. The van der Waals surface area contributed by atoms with Crippen LogP contribution in [0, 0.1) is 17.5 Å². The molecule has 0 amide bonds. The molecule has 2 heterocycles. The second-order valence-electron chi connectivity index (χ2n) is 8.24. The van der Waals surface area contributed by atoms with Gasteiger partial charge in [0.2, 0.25) is 0 Å². The molecule has 32 heavy (non-hydrogen) atoms. The molecule has 170 valence electrons. The smallest absolute Gasteiger partial charge is 0.137 e. The van der Waals surface area contributed by atoms with E-state index in [4.69, 9.17) is 0 Å². The number of rotatable bonds is 8. The third-order valence-electron chi connectivity index (χ3n) is 5.90. The molecule has 2 aromatic carbocycles. The second-order valence-corrected chi connectivity index (χ2v) is 8.24. The molecule has 1 saturated heterocycles. The fourth-order valence-corrected chi connectivity index (χ4v) is 4.15. The maximum Gasteiger partial charge on any atom is 0.137 e. The molecule has 6 nitrogen and oxygen atoms in total. The van der Waals surface area contributed by atoms with Crippen molar-refractivity contribution in [2.75, 3.05) is 39.3 Å². The minimum Gasteiger partial charge on any atom is -0.382 e. The quantitative estimate of drug-likeness (QED) is 0.577. The van der Waals surface area contributed by atoms with Gasteiger partial charge in [-0.3, -0.25) is 4.90 Å². The van der Waals surface area contributed by atoms with E-state index in [1.807, 2.05) is 0 Å². The standard InChI is InChI=1S/C23H26F3N5O/c24-19-3-1-18(2-4-19)7-8-29-9-11-30(12-10-29)14-23(32,15-31-17-27-16-28-31)21-6-5-20(25)13-22(21)26/h1-6,13,16-17,32H,7-12,14-15H2. The lowest BCUT2D eigenvalue weighted by atomic mass is 9.92. The Morgan fingerprint density at radius 2 is 1.56 bits per heavy atom. The predicted octanol–water partition coefficient (Wildman–Crippen LogP) is 2.44. The predicted molar refractivity (Wildman–Crippen MR) is 113 cm³/mol. The van der Waals surface area contributed by atoms with E-state index >= 15 is 0 Å². The lowest BCUT2D eigenvalue weighted by Crippen LogP contribution is -2.52. The Kier molecular flexibility index (Phi) is 6.88. The molecule has 0 radical (unpaired) electrons. The molecule has 1 unspecified atom stereocenters. The summed E-state index contributed by atoms with van der Waals surface area (Å²) in [5.41, 5.74) is -0.474. The molecule has 1 N–H and O–H groups in total. The van der Waals surface area contributed by atoms with E-state index in [0.29, 0.717) is 13.1 Å². The Morgan fingerprint density at radius 3 is 2.22 bits per heavy atom. The Hall–Kier alpha value is -2.75. The van der Waals surface area contributed by atoms with Crippen molar-refractivity contribution in [2.24, 2.45) is 0 Å². The highest BCUT2D eigenvalue weighted by atomic mass is 19.1. The fourth-order valence-electron chi connectivity index (χ4n) is 4.15. The van der Waals surface area contributed by atoms with Crippen molar-refractivity contribution < 1.29 is 18.3 Å². The van der Waals surface area contributed by atoms with Crippen LogP contribution in [0.25, 0.3) is 0 Å². The average Bonchev–Trinajstić information content (AvgIpc) is 3.27. The number of aromatic nitrogens is 3. The molecule has 1 fully saturated rings. The molecule has 9 heteroatoms. The monoisotopic (exact) mass is 445 g/mol. The molecule has 1 aromatic heterocycles. The van der Waals surface area contributed by atoms with Crippen LogP contribution in [0.3, 0.4) is 0 Å². The van der Waals surface area contributed by atoms with Crippen molar-refractivity contribution in [1.82, 2.24) is 24.6 Å². The Labute approximate surface area is 184 Å². The first-order valence-corrected chi connectivity index (χ1v) is 10.6. The van der Waals surface area contributed by atoms with Gasteiger partial charge in [0.05, 0.1) is 6.54 Å². The highest BCUT2D eigenvalue weighted by Crippen LogP contribution is 2.28. The summed E-state index contributed by atoms with van der Waals surface area (Å²) in [4.78, 5) is 8.28. The molecule has 0 bridgehead atoms. The molecular weight excluding hydrogens is 419 g/mol. The number of benzene rings is 2. The van der Waals surface area contributed by atoms with Gasteiger partial charge in [-0.15, -0.1) is 0 Å². The normalized spacial score (nSPS) is 17.4. The van der Waals surface area contributed by atoms with Crippen LogP contribution >= 0.6 is 0 Å². The summed E-state index contributed by atoms with van der Waals surface area (Å²) in [6.07, 6.45) is 3.64. The van der Waals surface area contributed by atoms with Gasteiger partial charge in [-0.1, -0.05) is 18.2 Å². The summed E-state index contributed by atoms with van der Waals surface area (Å²) in [6, 6.07) is 9.77. The van der Waals surface area contributed by atoms with Crippen LogP contribution < -0.4 is 0 Å². The van der Waals surface area contributed by atoms with Crippen molar-refractivity contribution in [1.29, 1.82) is 0 Å². The number of nitrogens with zero attached hydrogens (tertiary/aromatic N) is 5. The molecule has 0 saturated carbocycles. The zero-order valence-electron chi connectivity index (χ0n) is 17.7. The number of aliphatic hydroxyl groups is 1. The molecule has 1 aliphatic heterocycles. The van der Waals surface area contributed by atoms with Crippen LogP contribution in [-0.4, -0.2) is 68.9 Å². The number of hydrogen-bond donors (Lipinski definition) is 1. The Morgan fingerprint density at radius 1 is 0.875 bits per heavy atom. The van der Waals surface area contributed by atoms with Crippen molar-refractivity contribution in [3.63, 3.8) is 0 Å². The maximum absolute atomic E-state index is 14.6. The molecule has 1 aliphatic rings. The van der Waals surface area contributed by atoms with Crippen molar-refractivity contribution in [2.45, 2.75) is 18.6 Å². The van der Waals surface area contributed by atoms with E-state index in [1.165, 1.54) is 35.5 Å². The topological polar surface area (TPSA) is 57.4 Å². The molecule has 1 atom stereocenters. The van der Waals surface area contributed by atoms with E-state index in [0.717, 1.165) is 43.8 Å². The first kappa shape index (κ1) is 22.4. The minimum absolute atomic E-state index is 0.000331. The third kappa shape index (κ3) is 5.53. The summed E-state index contributed by atoms with van der Waals surface area (Å²) in [7, 11) is 0. The summed E-state index contributed by atoms with van der Waals surface area (Å²) in [5.74, 6) is -1.71. The minimum atomic E-state index is -1.60. The first-order valence-electron chi connectivity index (χ1n) is 10.6. The van der Waals surface area contributed by atoms with Gasteiger partial charge >= 0.3 is 0 Å². The molecule has 3 aromatic rings. The van der Waals surface area contributed by atoms with Crippen LogP contribution in [0.1, 0.15) is 11.1 Å². The number of hydrogen-bond acceptors (Lipinski definition) is 5. The van der Waals surface area contributed by atoms with Crippen LogP contribution in [0.5, 0.6) is 0 Å². The lowest BCUT2D eigenvalue weighted by Gasteiger charge is -2.39. The van der Waals surface area contributed by atoms with Crippen molar-refractivity contribution >= 4 is 0 Å². The SMILES string of the molecule is OC(CN1CCN(CCc2ccc(F)cc2)CC1)(Cn1cncn1)c1ccc(F)cc1F. The second kappa shape index (κ2) is 9.81. The Bertz CT molecular complexity index is 1010. The van der Waals surface area contributed by atoms with E-state index in [2.05, 4.69) is 19.9 Å². The van der Waals surface area contributed by atoms with E-state index in [9.17, 15) is 18.3 Å². The molecule has 0 spiro atoms. The third-order valence-corrected chi connectivity index (χ3v) is 5.90. The number of β-amino-alcohol motifs (C(OH)–C–C–N with tert-alkyl or cyclic N) is 1. The van der Waals surface area contributed by atoms with Gasteiger partial charge in [0, 0.05) is 50.9 Å². The number of piperazine rings is 1. The zero-order valence-corrected chi connectivity index (χ0v) is 17.7. The van der Waals surface area contributed by atoms with Crippen LogP contribution in [0.4, 0.5) is 13.2 Å². The summed E-state index contributed by atoms with van der Waals surface area (Å²) in [5, 5.41) is 15.5. The van der Waals surface area contributed by atoms with Crippen LogP contribution in [0.2, 0.25) is 0 Å². The summed E-state index contributed by atoms with van der Waals surface area (Å²) < 4.78 is 42.5. The van der Waals surface area contributed by atoms with Crippen LogP contribution in [-0.2, 0) is 18.6 Å². The van der Waals surface area contributed by atoms with Gasteiger partial charge in [0.15, 0.2) is 0 Å². The maximum atomic E-state index is 14.6. The van der Waals surface area contributed by atoms with Gasteiger partial charge in [-0.25, -0.2) is 22.8 Å². The highest BCUT2D eigenvalue weighted by molar-refractivity contribution is 5.26. The Balaban J connectivity index is 1.39. The van der Waals surface area contributed by atoms with Crippen molar-refractivity contribution in [3.8, 4) is 0 Å². The van der Waals surface area contributed by atoms with Crippen LogP contribution in [0.15, 0.2) is 55.1 Å². The highest BCUT2D eigenvalue weighted by Gasteiger charge is 2.36. The summed E-state index contributed by atoms with van der Waals surface area (Å²) >= 11 is 0. The fraction of sp³-hybridized carbons (Fsp3) is 0.391. The van der Waals surface area contributed by atoms with Gasteiger partial charge in [-0.2, -0.15) is 5.10 Å². The van der Waals surface area contributed by atoms with Gasteiger partial charge in [-0.05, 0) is 30.2 Å². The first-order chi connectivity index (χ1) is 15.4. The van der Waals surface area contributed by atoms with Crippen molar-refractivity contribution in [3.05, 3.63) is 83.7 Å². The lowest BCUT2D eigenvalue weighted by molar-refractivity contribution is -0.0317. The average molecular weight is 445 g/mol. The number of halogens is 3. The van der Waals surface area contributed by atoms with E-state index < -0.39 is 17.2 Å². The van der Waals surface area contributed by atoms with Gasteiger partial charge in [0.1, 0.15) is 35.7 Å². The largest absolute Gasteiger partial charge is 0.382 e. The summed E-state index contributed by atoms with van der Waals surface area (Å²) in [6.45, 7) is 4.04. The molecular formula is C23H26F3N5O. The molecule has 0 aliphatic carbocycles. The van der Waals surface area contributed by atoms with Gasteiger partial charge in [0.25, 0.3) is 0 Å². The van der Waals surface area contributed by atoms with E-state index in [1.54, 1.807) is 12.1 Å². The van der Waals surface area contributed by atoms with E-state index in [-0.39, 0.29) is 24.5 Å². The molecule has 4 rings (SSSR count). The van der Waals surface area contributed by atoms with Gasteiger partial charge < -0.3 is 10.0 Å².